The van der Waals surface area contributed by atoms with E-state index in [1.165, 1.54) is 29.8 Å². The molecule has 0 saturated carbocycles. The van der Waals surface area contributed by atoms with Crippen molar-refractivity contribution in [1.29, 1.82) is 0 Å². The van der Waals surface area contributed by atoms with Gasteiger partial charge in [0.25, 0.3) is 0 Å². The molecule has 0 spiro atoms. The molecule has 0 aliphatic carbocycles. The third-order valence-corrected chi connectivity index (χ3v) is 5.42. The monoisotopic (exact) mass is 308 g/mol. The van der Waals surface area contributed by atoms with Gasteiger partial charge in [-0.1, -0.05) is 0 Å². The van der Waals surface area contributed by atoms with Gasteiger partial charge in [-0.2, -0.15) is 11.3 Å². The fraction of sp³-hybridized carbons (Fsp3) is 0.533. The standard InChI is InChI=1S/C15H20N2OS2/c1-18-10-12-3-2-5-17(8-12)9-14-7-16-15(20-14)13-4-6-19-11-13/h4,6-7,11-12H,2-3,5,8-10H2,1H3/t12-/m0/s1. The molecule has 1 saturated heterocycles. The van der Waals surface area contributed by atoms with Crippen molar-refractivity contribution in [2.24, 2.45) is 5.92 Å². The van der Waals surface area contributed by atoms with Crippen molar-refractivity contribution in [2.75, 3.05) is 26.8 Å². The van der Waals surface area contributed by atoms with Crippen molar-refractivity contribution in [3.63, 3.8) is 0 Å². The Morgan fingerprint density at radius 1 is 1.50 bits per heavy atom. The van der Waals surface area contributed by atoms with Gasteiger partial charge in [0.2, 0.25) is 0 Å². The highest BCUT2D eigenvalue weighted by molar-refractivity contribution is 7.15. The molecule has 0 radical (unpaired) electrons. The molecule has 2 aromatic rings. The minimum atomic E-state index is 0.693. The summed E-state index contributed by atoms with van der Waals surface area (Å²) in [4.78, 5) is 8.46. The first-order valence-corrected chi connectivity index (χ1v) is 8.79. The van der Waals surface area contributed by atoms with Gasteiger partial charge in [0, 0.05) is 42.2 Å². The van der Waals surface area contributed by atoms with E-state index in [1.54, 1.807) is 18.4 Å². The summed E-state index contributed by atoms with van der Waals surface area (Å²) < 4.78 is 5.30. The van der Waals surface area contributed by atoms with Crippen molar-refractivity contribution in [3.05, 3.63) is 27.9 Å². The van der Waals surface area contributed by atoms with E-state index in [2.05, 4.69) is 26.7 Å². The molecule has 0 bridgehead atoms. The summed E-state index contributed by atoms with van der Waals surface area (Å²) in [6, 6.07) is 2.14. The average Bonchev–Trinajstić information content (AvgIpc) is 3.10. The van der Waals surface area contributed by atoms with Crippen LogP contribution in [0.2, 0.25) is 0 Å². The van der Waals surface area contributed by atoms with E-state index < -0.39 is 0 Å². The first-order chi connectivity index (χ1) is 9.85. The highest BCUT2D eigenvalue weighted by Gasteiger charge is 2.20. The Bertz CT molecular complexity index is 522. The summed E-state index contributed by atoms with van der Waals surface area (Å²) in [7, 11) is 1.80. The fourth-order valence-electron chi connectivity index (χ4n) is 2.79. The van der Waals surface area contributed by atoms with Crippen molar-refractivity contribution >= 4 is 22.7 Å². The van der Waals surface area contributed by atoms with Crippen molar-refractivity contribution < 1.29 is 4.74 Å². The van der Waals surface area contributed by atoms with Crippen molar-refractivity contribution in [2.45, 2.75) is 19.4 Å². The zero-order chi connectivity index (χ0) is 13.8. The van der Waals surface area contributed by atoms with Crippen LogP contribution in [0.4, 0.5) is 0 Å². The molecule has 20 heavy (non-hydrogen) atoms. The number of thiazole rings is 1. The molecule has 1 aliphatic rings. The van der Waals surface area contributed by atoms with Gasteiger partial charge in [-0.3, -0.25) is 4.90 Å². The molecule has 108 valence electrons. The maximum atomic E-state index is 5.30. The van der Waals surface area contributed by atoms with Gasteiger partial charge >= 0.3 is 0 Å². The molecule has 0 aromatic carbocycles. The van der Waals surface area contributed by atoms with Gasteiger partial charge in [-0.15, -0.1) is 11.3 Å². The van der Waals surface area contributed by atoms with Crippen LogP contribution in [0.25, 0.3) is 10.6 Å². The Kier molecular flexibility index (Phi) is 4.83. The minimum absolute atomic E-state index is 0.693. The lowest BCUT2D eigenvalue weighted by atomic mass is 9.99. The molecule has 0 unspecified atom stereocenters. The average molecular weight is 308 g/mol. The number of rotatable bonds is 5. The van der Waals surface area contributed by atoms with Crippen LogP contribution in [-0.4, -0.2) is 36.7 Å². The Hall–Kier alpha value is -0.750. The third-order valence-electron chi connectivity index (χ3n) is 3.71. The second-order valence-electron chi connectivity index (χ2n) is 5.34. The molecular weight excluding hydrogens is 288 g/mol. The molecule has 5 heteroatoms. The molecule has 3 nitrogen and oxygen atoms in total. The fourth-order valence-corrected chi connectivity index (χ4v) is 4.45. The second kappa shape index (κ2) is 6.80. The smallest absolute Gasteiger partial charge is 0.124 e. The highest BCUT2D eigenvalue weighted by Crippen LogP contribution is 2.28. The van der Waals surface area contributed by atoms with Crippen LogP contribution >= 0.6 is 22.7 Å². The molecule has 2 aromatic heterocycles. The van der Waals surface area contributed by atoms with Gasteiger partial charge in [-0.25, -0.2) is 4.98 Å². The van der Waals surface area contributed by atoms with Gasteiger partial charge in [-0.05, 0) is 36.8 Å². The number of likely N-dealkylation sites (tertiary alicyclic amines) is 1. The summed E-state index contributed by atoms with van der Waals surface area (Å²) in [6.07, 6.45) is 4.62. The Morgan fingerprint density at radius 3 is 3.25 bits per heavy atom. The van der Waals surface area contributed by atoms with Crippen molar-refractivity contribution in [3.8, 4) is 10.6 Å². The van der Waals surface area contributed by atoms with Crippen LogP contribution in [-0.2, 0) is 11.3 Å². The number of hydrogen-bond donors (Lipinski definition) is 0. The zero-order valence-corrected chi connectivity index (χ0v) is 13.4. The summed E-state index contributed by atoms with van der Waals surface area (Å²) in [5.74, 6) is 0.693. The first-order valence-electron chi connectivity index (χ1n) is 7.03. The maximum absolute atomic E-state index is 5.30. The third kappa shape index (κ3) is 3.47. The Labute approximate surface area is 128 Å². The molecule has 0 amide bonds. The summed E-state index contributed by atoms with van der Waals surface area (Å²) in [5, 5.41) is 5.42. The molecule has 3 rings (SSSR count). The minimum Gasteiger partial charge on any atom is -0.384 e. The predicted octanol–water partition coefficient (Wildman–Crippen LogP) is 3.73. The molecule has 1 atom stereocenters. The van der Waals surface area contributed by atoms with Crippen LogP contribution in [0.3, 0.4) is 0 Å². The van der Waals surface area contributed by atoms with E-state index in [1.807, 2.05) is 17.5 Å². The Morgan fingerprint density at radius 2 is 2.45 bits per heavy atom. The van der Waals surface area contributed by atoms with Crippen LogP contribution in [0, 0.1) is 5.92 Å². The lowest BCUT2D eigenvalue weighted by molar-refractivity contribution is 0.0878. The van der Waals surface area contributed by atoms with E-state index in [9.17, 15) is 0 Å². The van der Waals surface area contributed by atoms with Gasteiger partial charge in [0.1, 0.15) is 5.01 Å². The van der Waals surface area contributed by atoms with Crippen molar-refractivity contribution in [1.82, 2.24) is 9.88 Å². The lowest BCUT2D eigenvalue weighted by Crippen LogP contribution is -2.36. The number of methoxy groups -OCH3 is 1. The maximum Gasteiger partial charge on any atom is 0.124 e. The molecule has 3 heterocycles. The summed E-state index contributed by atoms with van der Waals surface area (Å²) >= 11 is 3.55. The SMILES string of the molecule is COC[C@H]1CCCN(Cc2cnc(-c3ccsc3)s2)C1. The first kappa shape index (κ1) is 14.2. The van der Waals surface area contributed by atoms with Gasteiger partial charge in [0.05, 0.1) is 6.61 Å². The van der Waals surface area contributed by atoms with Crippen LogP contribution in [0.1, 0.15) is 17.7 Å². The summed E-state index contributed by atoms with van der Waals surface area (Å²) in [6.45, 7) is 4.27. The topological polar surface area (TPSA) is 25.4 Å². The second-order valence-corrected chi connectivity index (χ2v) is 7.24. The summed E-state index contributed by atoms with van der Waals surface area (Å²) in [5.41, 5.74) is 1.25. The number of piperidine rings is 1. The van der Waals surface area contributed by atoms with Gasteiger partial charge in [0.15, 0.2) is 0 Å². The Balaban J connectivity index is 1.60. The van der Waals surface area contributed by atoms with E-state index in [-0.39, 0.29) is 0 Å². The number of hydrogen-bond acceptors (Lipinski definition) is 5. The predicted molar refractivity (Wildman–Crippen MR) is 85.3 cm³/mol. The molecule has 0 N–H and O–H groups in total. The molecular formula is C15H20N2OS2. The van der Waals surface area contributed by atoms with E-state index in [0.29, 0.717) is 5.92 Å². The van der Waals surface area contributed by atoms with Gasteiger partial charge < -0.3 is 4.74 Å². The normalized spacial score (nSPS) is 20.4. The number of thiophene rings is 1. The van der Waals surface area contributed by atoms with Crippen LogP contribution in [0.15, 0.2) is 23.0 Å². The highest BCUT2D eigenvalue weighted by atomic mass is 32.1. The largest absolute Gasteiger partial charge is 0.384 e. The van der Waals surface area contributed by atoms with E-state index in [0.717, 1.165) is 24.7 Å². The number of ether oxygens (including phenoxy) is 1. The van der Waals surface area contributed by atoms with E-state index >= 15 is 0 Å². The lowest BCUT2D eigenvalue weighted by Gasteiger charge is -2.31. The quantitative estimate of drug-likeness (QED) is 0.841. The number of nitrogens with zero attached hydrogens (tertiary/aromatic N) is 2. The molecule has 1 fully saturated rings. The van der Waals surface area contributed by atoms with Crippen LogP contribution < -0.4 is 0 Å². The molecule has 1 aliphatic heterocycles. The van der Waals surface area contributed by atoms with E-state index in [4.69, 9.17) is 4.74 Å². The zero-order valence-electron chi connectivity index (χ0n) is 11.7. The number of aromatic nitrogens is 1. The van der Waals surface area contributed by atoms with Crippen LogP contribution in [0.5, 0.6) is 0 Å².